The minimum absolute atomic E-state index is 0.147. The quantitative estimate of drug-likeness (QED) is 0.752. The summed E-state index contributed by atoms with van der Waals surface area (Å²) in [7, 11) is 0. The van der Waals surface area contributed by atoms with Gasteiger partial charge in [0.05, 0.1) is 5.69 Å². The molecule has 0 bridgehead atoms. The summed E-state index contributed by atoms with van der Waals surface area (Å²) in [5.74, 6) is -0.147. The van der Waals surface area contributed by atoms with Gasteiger partial charge in [-0.2, -0.15) is 0 Å². The van der Waals surface area contributed by atoms with E-state index in [1.165, 1.54) is 5.56 Å². The molecule has 0 unspecified atom stereocenters. The van der Waals surface area contributed by atoms with Crippen molar-refractivity contribution in [2.24, 2.45) is 0 Å². The number of benzene rings is 1. The Morgan fingerprint density at radius 1 is 1.19 bits per heavy atom. The van der Waals surface area contributed by atoms with Crippen molar-refractivity contribution in [2.75, 3.05) is 19.6 Å². The van der Waals surface area contributed by atoms with Crippen molar-refractivity contribution >= 4 is 5.91 Å². The lowest BCUT2D eigenvalue weighted by molar-refractivity contribution is -0.156. The van der Waals surface area contributed by atoms with E-state index in [0.29, 0.717) is 19.5 Å². The van der Waals surface area contributed by atoms with E-state index >= 15 is 0 Å². The SMILES string of the molecule is Cc1cccc(CNC[C@]2(O)CCCN(CCCc3ccccc3)C2=O)n1. The minimum atomic E-state index is -1.31. The molecule has 5 nitrogen and oxygen atoms in total. The largest absolute Gasteiger partial charge is 0.379 e. The fraction of sp³-hybridized carbons (Fsp3) is 0.455. The highest BCUT2D eigenvalue weighted by Crippen LogP contribution is 2.22. The summed E-state index contributed by atoms with van der Waals surface area (Å²) in [6.07, 6.45) is 3.19. The van der Waals surface area contributed by atoms with Crippen LogP contribution in [0.5, 0.6) is 0 Å². The van der Waals surface area contributed by atoms with Crippen molar-refractivity contribution in [3.05, 3.63) is 65.5 Å². The van der Waals surface area contributed by atoms with E-state index in [4.69, 9.17) is 0 Å². The number of nitrogens with one attached hydrogen (secondary N) is 1. The van der Waals surface area contributed by atoms with Crippen molar-refractivity contribution in [1.82, 2.24) is 15.2 Å². The molecule has 2 N–H and O–H groups in total. The summed E-state index contributed by atoms with van der Waals surface area (Å²) in [6.45, 7) is 4.18. The van der Waals surface area contributed by atoms with Crippen LogP contribution in [0.25, 0.3) is 0 Å². The van der Waals surface area contributed by atoms with Gasteiger partial charge in [0, 0.05) is 31.9 Å². The van der Waals surface area contributed by atoms with Crippen LogP contribution < -0.4 is 5.32 Å². The molecule has 1 amide bonds. The fourth-order valence-corrected chi connectivity index (χ4v) is 3.66. The summed E-state index contributed by atoms with van der Waals surface area (Å²) < 4.78 is 0. The number of hydrogen-bond donors (Lipinski definition) is 2. The van der Waals surface area contributed by atoms with Crippen LogP contribution in [-0.4, -0.2) is 46.1 Å². The van der Waals surface area contributed by atoms with Crippen molar-refractivity contribution in [3.8, 4) is 0 Å². The lowest BCUT2D eigenvalue weighted by Gasteiger charge is -2.38. The molecule has 0 aliphatic carbocycles. The zero-order chi connectivity index (χ0) is 19.1. The maximum Gasteiger partial charge on any atom is 0.255 e. The van der Waals surface area contributed by atoms with Gasteiger partial charge in [-0.3, -0.25) is 9.78 Å². The molecule has 1 aliphatic rings. The number of likely N-dealkylation sites (tertiary alicyclic amines) is 1. The third kappa shape index (κ3) is 5.37. The molecule has 5 heteroatoms. The van der Waals surface area contributed by atoms with Crippen LogP contribution in [0.3, 0.4) is 0 Å². The Bertz CT molecular complexity index is 750. The van der Waals surface area contributed by atoms with Crippen molar-refractivity contribution in [2.45, 2.75) is 44.8 Å². The fourth-order valence-electron chi connectivity index (χ4n) is 3.66. The smallest absolute Gasteiger partial charge is 0.255 e. The molecule has 1 fully saturated rings. The number of carbonyl (C=O) groups excluding carboxylic acids is 1. The van der Waals surface area contributed by atoms with Crippen molar-refractivity contribution in [3.63, 3.8) is 0 Å². The van der Waals surface area contributed by atoms with Gasteiger partial charge in [-0.05, 0) is 50.3 Å². The van der Waals surface area contributed by atoms with E-state index in [1.54, 1.807) is 0 Å². The first-order chi connectivity index (χ1) is 13.1. The van der Waals surface area contributed by atoms with E-state index in [1.807, 2.05) is 48.2 Å². The lowest BCUT2D eigenvalue weighted by atomic mass is 9.91. The average molecular weight is 367 g/mol. The third-order valence-electron chi connectivity index (χ3n) is 5.11. The summed E-state index contributed by atoms with van der Waals surface area (Å²) in [5, 5.41) is 14.1. The Morgan fingerprint density at radius 3 is 2.78 bits per heavy atom. The van der Waals surface area contributed by atoms with Gasteiger partial charge in [0.1, 0.15) is 0 Å². The molecule has 3 rings (SSSR count). The van der Waals surface area contributed by atoms with Gasteiger partial charge in [0.2, 0.25) is 0 Å². The predicted molar refractivity (Wildman–Crippen MR) is 106 cm³/mol. The second-order valence-electron chi connectivity index (χ2n) is 7.39. The summed E-state index contributed by atoms with van der Waals surface area (Å²) in [4.78, 5) is 19.1. The molecule has 0 saturated carbocycles. The number of nitrogens with zero attached hydrogens (tertiary/aromatic N) is 2. The highest BCUT2D eigenvalue weighted by atomic mass is 16.3. The molecule has 1 atom stereocenters. The second kappa shape index (κ2) is 9.11. The Balaban J connectivity index is 1.48. The number of pyridine rings is 1. The van der Waals surface area contributed by atoms with E-state index in [9.17, 15) is 9.90 Å². The van der Waals surface area contributed by atoms with Gasteiger partial charge < -0.3 is 15.3 Å². The molecule has 1 aromatic carbocycles. The normalized spacial score (nSPS) is 20.1. The zero-order valence-corrected chi connectivity index (χ0v) is 16.0. The van der Waals surface area contributed by atoms with Crippen molar-refractivity contribution in [1.29, 1.82) is 0 Å². The maximum absolute atomic E-state index is 12.8. The highest BCUT2D eigenvalue weighted by Gasteiger charge is 2.41. The van der Waals surface area contributed by atoms with Crippen LogP contribution in [0.1, 0.15) is 36.2 Å². The maximum atomic E-state index is 12.8. The molecule has 1 aromatic heterocycles. The van der Waals surface area contributed by atoms with Crippen LogP contribution in [0.15, 0.2) is 48.5 Å². The predicted octanol–water partition coefficient (Wildman–Crippen LogP) is 2.47. The van der Waals surface area contributed by atoms with Crippen LogP contribution in [0, 0.1) is 6.92 Å². The lowest BCUT2D eigenvalue weighted by Crippen LogP contribution is -2.58. The first-order valence-corrected chi connectivity index (χ1v) is 9.76. The van der Waals surface area contributed by atoms with Crippen molar-refractivity contribution < 1.29 is 9.90 Å². The molecule has 2 aromatic rings. The number of amides is 1. The minimum Gasteiger partial charge on any atom is -0.379 e. The van der Waals surface area contributed by atoms with E-state index in [0.717, 1.165) is 37.2 Å². The first-order valence-electron chi connectivity index (χ1n) is 9.76. The first kappa shape index (κ1) is 19.5. The van der Waals surface area contributed by atoms with Gasteiger partial charge in [0.25, 0.3) is 5.91 Å². The Morgan fingerprint density at radius 2 is 2.00 bits per heavy atom. The third-order valence-corrected chi connectivity index (χ3v) is 5.11. The standard InChI is InChI=1S/C22H29N3O2/c1-18-8-5-12-20(24-18)16-23-17-22(27)13-7-15-25(21(22)26)14-6-11-19-9-3-2-4-10-19/h2-5,8-10,12,23,27H,6-7,11,13-17H2,1H3/t22-/m1/s1. The number of aryl methyl sites for hydroxylation is 2. The Kier molecular flexibility index (Phi) is 6.58. The number of aromatic nitrogens is 1. The molecular formula is C22H29N3O2. The molecule has 0 radical (unpaired) electrons. The Labute approximate surface area is 161 Å². The van der Waals surface area contributed by atoms with Gasteiger partial charge in [0.15, 0.2) is 5.60 Å². The topological polar surface area (TPSA) is 65.5 Å². The van der Waals surface area contributed by atoms with Crippen LogP contribution in [-0.2, 0) is 17.8 Å². The summed E-state index contributed by atoms with van der Waals surface area (Å²) in [6, 6.07) is 16.2. The van der Waals surface area contributed by atoms with E-state index < -0.39 is 5.60 Å². The molecule has 1 saturated heterocycles. The average Bonchev–Trinajstić information content (AvgIpc) is 2.66. The van der Waals surface area contributed by atoms with E-state index in [2.05, 4.69) is 22.4 Å². The Hall–Kier alpha value is -2.24. The number of carbonyl (C=O) groups is 1. The second-order valence-corrected chi connectivity index (χ2v) is 7.39. The van der Waals surface area contributed by atoms with Gasteiger partial charge in [-0.25, -0.2) is 0 Å². The molecule has 144 valence electrons. The molecule has 0 spiro atoms. The molecule has 1 aliphatic heterocycles. The number of hydrogen-bond acceptors (Lipinski definition) is 4. The van der Waals surface area contributed by atoms with E-state index in [-0.39, 0.29) is 12.5 Å². The molecule has 27 heavy (non-hydrogen) atoms. The van der Waals surface area contributed by atoms with Gasteiger partial charge in [-0.1, -0.05) is 36.4 Å². The summed E-state index contributed by atoms with van der Waals surface area (Å²) >= 11 is 0. The monoisotopic (exact) mass is 367 g/mol. The van der Waals surface area contributed by atoms with Crippen LogP contribution in [0.4, 0.5) is 0 Å². The molecule has 2 heterocycles. The van der Waals surface area contributed by atoms with Crippen LogP contribution in [0.2, 0.25) is 0 Å². The number of piperidine rings is 1. The number of aliphatic hydroxyl groups is 1. The molecular weight excluding hydrogens is 338 g/mol. The zero-order valence-electron chi connectivity index (χ0n) is 16.0. The summed E-state index contributed by atoms with van der Waals surface area (Å²) in [5.41, 5.74) is 1.85. The highest BCUT2D eigenvalue weighted by molar-refractivity contribution is 5.86. The van der Waals surface area contributed by atoms with Gasteiger partial charge >= 0.3 is 0 Å². The number of rotatable bonds is 8. The van der Waals surface area contributed by atoms with Crippen LogP contribution >= 0.6 is 0 Å². The van der Waals surface area contributed by atoms with Gasteiger partial charge in [-0.15, -0.1) is 0 Å².